The minimum absolute atomic E-state index is 0.632. The topological polar surface area (TPSA) is 13.7 Å². The highest BCUT2D eigenvalue weighted by atomic mass is 16.5. The molecular formula is C16H20NO+. The van der Waals surface area contributed by atoms with Gasteiger partial charge in [0.1, 0.15) is 18.9 Å². The SMILES string of the molecule is C[NH+](C)Cc1ccccc1COc1ccccc1. The van der Waals surface area contributed by atoms with Crippen LogP contribution in [0.1, 0.15) is 11.1 Å². The molecule has 0 aliphatic heterocycles. The van der Waals surface area contributed by atoms with Crippen molar-refractivity contribution in [1.82, 2.24) is 0 Å². The van der Waals surface area contributed by atoms with Crippen molar-refractivity contribution in [2.45, 2.75) is 13.2 Å². The van der Waals surface area contributed by atoms with E-state index in [1.54, 1.807) is 0 Å². The molecule has 1 N–H and O–H groups in total. The van der Waals surface area contributed by atoms with Gasteiger partial charge < -0.3 is 9.64 Å². The van der Waals surface area contributed by atoms with Gasteiger partial charge in [0.05, 0.1) is 14.1 Å². The lowest BCUT2D eigenvalue weighted by Crippen LogP contribution is -3.04. The molecule has 0 unspecified atom stereocenters. The Labute approximate surface area is 109 Å². The van der Waals surface area contributed by atoms with Crippen LogP contribution >= 0.6 is 0 Å². The first-order valence-corrected chi connectivity index (χ1v) is 6.29. The Morgan fingerprint density at radius 2 is 1.44 bits per heavy atom. The molecular weight excluding hydrogens is 222 g/mol. The van der Waals surface area contributed by atoms with E-state index in [-0.39, 0.29) is 0 Å². The number of hydrogen-bond donors (Lipinski definition) is 1. The van der Waals surface area contributed by atoms with E-state index in [0.717, 1.165) is 12.3 Å². The van der Waals surface area contributed by atoms with Crippen LogP contribution in [0, 0.1) is 0 Å². The number of ether oxygens (including phenoxy) is 1. The van der Waals surface area contributed by atoms with Crippen LogP contribution < -0.4 is 9.64 Å². The molecule has 18 heavy (non-hydrogen) atoms. The maximum Gasteiger partial charge on any atom is 0.119 e. The molecule has 2 heteroatoms. The second-order valence-electron chi connectivity index (χ2n) is 4.75. The maximum atomic E-state index is 5.81. The van der Waals surface area contributed by atoms with Crippen molar-refractivity contribution in [1.29, 1.82) is 0 Å². The lowest BCUT2D eigenvalue weighted by Gasteiger charge is -2.13. The third-order valence-corrected chi connectivity index (χ3v) is 2.80. The van der Waals surface area contributed by atoms with Gasteiger partial charge in [0.2, 0.25) is 0 Å². The Morgan fingerprint density at radius 3 is 2.11 bits per heavy atom. The van der Waals surface area contributed by atoms with E-state index < -0.39 is 0 Å². The average molecular weight is 242 g/mol. The third-order valence-electron chi connectivity index (χ3n) is 2.80. The van der Waals surface area contributed by atoms with Crippen LogP contribution in [0.3, 0.4) is 0 Å². The Hall–Kier alpha value is -1.80. The Kier molecular flexibility index (Phi) is 4.37. The summed E-state index contributed by atoms with van der Waals surface area (Å²) in [6.45, 7) is 1.65. The van der Waals surface area contributed by atoms with Gasteiger partial charge in [0.15, 0.2) is 0 Å². The smallest absolute Gasteiger partial charge is 0.119 e. The van der Waals surface area contributed by atoms with E-state index in [0.29, 0.717) is 6.61 Å². The van der Waals surface area contributed by atoms with Crippen molar-refractivity contribution >= 4 is 0 Å². The molecule has 0 saturated carbocycles. The summed E-state index contributed by atoms with van der Waals surface area (Å²) in [7, 11) is 4.32. The van der Waals surface area contributed by atoms with E-state index in [4.69, 9.17) is 4.74 Å². The van der Waals surface area contributed by atoms with Gasteiger partial charge in [-0.25, -0.2) is 0 Å². The second-order valence-corrected chi connectivity index (χ2v) is 4.75. The van der Waals surface area contributed by atoms with E-state index in [1.165, 1.54) is 16.0 Å². The highest BCUT2D eigenvalue weighted by Crippen LogP contribution is 2.14. The zero-order valence-corrected chi connectivity index (χ0v) is 11.0. The van der Waals surface area contributed by atoms with Gasteiger partial charge in [-0.3, -0.25) is 0 Å². The first-order valence-electron chi connectivity index (χ1n) is 6.29. The van der Waals surface area contributed by atoms with Crippen molar-refractivity contribution in [3.05, 3.63) is 65.7 Å². The van der Waals surface area contributed by atoms with Crippen molar-refractivity contribution in [3.63, 3.8) is 0 Å². The van der Waals surface area contributed by atoms with Crippen LogP contribution in [-0.4, -0.2) is 14.1 Å². The largest absolute Gasteiger partial charge is 0.489 e. The first-order chi connectivity index (χ1) is 8.75. The first kappa shape index (κ1) is 12.7. The molecule has 2 nitrogen and oxygen atoms in total. The summed E-state index contributed by atoms with van der Waals surface area (Å²) in [5.74, 6) is 0.921. The summed E-state index contributed by atoms with van der Waals surface area (Å²) in [5, 5.41) is 0. The lowest BCUT2D eigenvalue weighted by atomic mass is 10.1. The number of hydrogen-bond acceptors (Lipinski definition) is 1. The summed E-state index contributed by atoms with van der Waals surface area (Å²) < 4.78 is 5.81. The average Bonchev–Trinajstić information content (AvgIpc) is 2.38. The van der Waals surface area contributed by atoms with E-state index in [9.17, 15) is 0 Å². The van der Waals surface area contributed by atoms with Crippen molar-refractivity contribution < 1.29 is 9.64 Å². The molecule has 2 rings (SSSR count). The number of benzene rings is 2. The fraction of sp³-hybridized carbons (Fsp3) is 0.250. The minimum atomic E-state index is 0.632. The second kappa shape index (κ2) is 6.22. The molecule has 0 aromatic heterocycles. The molecule has 0 heterocycles. The summed E-state index contributed by atoms with van der Waals surface area (Å²) in [6.07, 6.45) is 0. The normalized spacial score (nSPS) is 10.6. The van der Waals surface area contributed by atoms with Crippen LogP contribution in [0.5, 0.6) is 5.75 Å². The summed E-state index contributed by atoms with van der Waals surface area (Å²) in [5.41, 5.74) is 2.62. The van der Waals surface area contributed by atoms with Gasteiger partial charge in [-0.05, 0) is 17.7 Å². The number of para-hydroxylation sites is 1. The predicted octanol–water partition coefficient (Wildman–Crippen LogP) is 1.91. The molecule has 0 radical (unpaired) electrons. The summed E-state index contributed by atoms with van der Waals surface area (Å²) in [6, 6.07) is 18.4. The van der Waals surface area contributed by atoms with Gasteiger partial charge in [0, 0.05) is 5.56 Å². The van der Waals surface area contributed by atoms with E-state index in [2.05, 4.69) is 38.4 Å². The van der Waals surface area contributed by atoms with Gasteiger partial charge >= 0.3 is 0 Å². The zero-order chi connectivity index (χ0) is 12.8. The molecule has 0 aliphatic carbocycles. The van der Waals surface area contributed by atoms with Crippen molar-refractivity contribution in [2.75, 3.05) is 14.1 Å². The number of nitrogens with one attached hydrogen (secondary N) is 1. The zero-order valence-electron chi connectivity index (χ0n) is 11.0. The summed E-state index contributed by atoms with van der Waals surface area (Å²) in [4.78, 5) is 1.42. The molecule has 2 aromatic rings. The van der Waals surface area contributed by atoms with Gasteiger partial charge in [-0.15, -0.1) is 0 Å². The highest BCUT2D eigenvalue weighted by Gasteiger charge is 2.05. The Bertz CT molecular complexity index is 479. The van der Waals surface area contributed by atoms with Gasteiger partial charge in [0.25, 0.3) is 0 Å². The lowest BCUT2D eigenvalue weighted by molar-refractivity contribution is -0.872. The van der Waals surface area contributed by atoms with Crippen LogP contribution in [0.2, 0.25) is 0 Å². The van der Waals surface area contributed by atoms with Crippen molar-refractivity contribution in [2.24, 2.45) is 0 Å². The molecule has 0 bridgehead atoms. The predicted molar refractivity (Wildman–Crippen MR) is 73.7 cm³/mol. The van der Waals surface area contributed by atoms with Crippen LogP contribution in [-0.2, 0) is 13.2 Å². The van der Waals surface area contributed by atoms with Crippen molar-refractivity contribution in [3.8, 4) is 5.75 Å². The van der Waals surface area contributed by atoms with Crippen LogP contribution in [0.15, 0.2) is 54.6 Å². The van der Waals surface area contributed by atoms with Gasteiger partial charge in [-0.2, -0.15) is 0 Å². The van der Waals surface area contributed by atoms with E-state index >= 15 is 0 Å². The molecule has 0 saturated heterocycles. The third kappa shape index (κ3) is 3.60. The fourth-order valence-corrected chi connectivity index (χ4v) is 1.93. The molecule has 2 aromatic carbocycles. The fourth-order valence-electron chi connectivity index (χ4n) is 1.93. The van der Waals surface area contributed by atoms with Crippen LogP contribution in [0.4, 0.5) is 0 Å². The molecule has 0 spiro atoms. The van der Waals surface area contributed by atoms with E-state index in [1.807, 2.05) is 30.3 Å². The molecule has 0 amide bonds. The highest BCUT2D eigenvalue weighted by molar-refractivity contribution is 5.27. The Balaban J connectivity index is 2.05. The Morgan fingerprint density at radius 1 is 0.833 bits per heavy atom. The van der Waals surface area contributed by atoms with Gasteiger partial charge in [-0.1, -0.05) is 42.5 Å². The monoisotopic (exact) mass is 242 g/mol. The summed E-state index contributed by atoms with van der Waals surface area (Å²) >= 11 is 0. The minimum Gasteiger partial charge on any atom is -0.489 e. The maximum absolute atomic E-state index is 5.81. The number of quaternary nitrogens is 1. The standard InChI is InChI=1S/C16H19NO/c1-17(2)12-14-8-6-7-9-15(14)13-18-16-10-4-3-5-11-16/h3-11H,12-13H2,1-2H3/p+1. The molecule has 0 aliphatic rings. The molecule has 0 fully saturated rings. The number of rotatable bonds is 5. The van der Waals surface area contributed by atoms with Crippen LogP contribution in [0.25, 0.3) is 0 Å². The quantitative estimate of drug-likeness (QED) is 0.845. The molecule has 0 atom stereocenters. The molecule has 94 valence electrons.